The van der Waals surface area contributed by atoms with E-state index in [-0.39, 0.29) is 18.2 Å². The number of halogens is 2. The van der Waals surface area contributed by atoms with E-state index in [4.69, 9.17) is 4.42 Å². The van der Waals surface area contributed by atoms with Crippen LogP contribution in [0.1, 0.15) is 59.8 Å². The SMILES string of the molecule is Cc1ccc(C(=O)N2CCc3oc(C(C)C)nc3C2)n1C(F)F. The maximum atomic E-state index is 13.1. The number of rotatable bonds is 3. The molecule has 0 fully saturated rings. The fourth-order valence-electron chi connectivity index (χ4n) is 2.78. The highest BCUT2D eigenvalue weighted by atomic mass is 19.3. The minimum Gasteiger partial charge on any atom is -0.445 e. The average molecular weight is 323 g/mol. The molecule has 124 valence electrons. The van der Waals surface area contributed by atoms with E-state index in [1.807, 2.05) is 13.8 Å². The first-order valence-corrected chi connectivity index (χ1v) is 7.62. The summed E-state index contributed by atoms with van der Waals surface area (Å²) < 4.78 is 32.7. The summed E-state index contributed by atoms with van der Waals surface area (Å²) in [5.74, 6) is 1.20. The number of aryl methyl sites for hydroxylation is 1. The van der Waals surface area contributed by atoms with E-state index >= 15 is 0 Å². The number of nitrogens with zero attached hydrogens (tertiary/aromatic N) is 3. The minimum atomic E-state index is -2.73. The maximum absolute atomic E-state index is 13.1. The number of alkyl halides is 2. The maximum Gasteiger partial charge on any atom is 0.319 e. The molecular formula is C16H19F2N3O2. The van der Waals surface area contributed by atoms with E-state index in [0.717, 1.165) is 16.0 Å². The van der Waals surface area contributed by atoms with E-state index in [0.29, 0.717) is 24.6 Å². The summed E-state index contributed by atoms with van der Waals surface area (Å²) in [7, 11) is 0. The molecule has 23 heavy (non-hydrogen) atoms. The van der Waals surface area contributed by atoms with Gasteiger partial charge in [0.05, 0.1) is 6.54 Å². The second kappa shape index (κ2) is 5.79. The standard InChI is InChI=1S/C16H19F2N3O2/c1-9(2)14-19-11-8-20(7-6-13(11)23-14)15(22)12-5-4-10(3)21(12)16(17)18/h4-5,9,16H,6-8H2,1-3H3. The van der Waals surface area contributed by atoms with Crippen molar-refractivity contribution in [1.29, 1.82) is 0 Å². The lowest BCUT2D eigenvalue weighted by atomic mass is 10.1. The van der Waals surface area contributed by atoms with Gasteiger partial charge in [0, 0.05) is 24.6 Å². The molecule has 0 N–H and O–H groups in total. The van der Waals surface area contributed by atoms with Crippen molar-refractivity contribution in [3.8, 4) is 0 Å². The second-order valence-electron chi connectivity index (χ2n) is 6.06. The van der Waals surface area contributed by atoms with Crippen LogP contribution in [0.4, 0.5) is 8.78 Å². The fraction of sp³-hybridized carbons (Fsp3) is 0.500. The molecule has 5 nitrogen and oxygen atoms in total. The van der Waals surface area contributed by atoms with Crippen molar-refractivity contribution in [2.75, 3.05) is 6.54 Å². The van der Waals surface area contributed by atoms with Crippen LogP contribution in [-0.4, -0.2) is 26.9 Å². The zero-order valence-electron chi connectivity index (χ0n) is 13.3. The van der Waals surface area contributed by atoms with Gasteiger partial charge in [-0.05, 0) is 19.1 Å². The number of amides is 1. The first-order chi connectivity index (χ1) is 10.9. The number of hydrogen-bond donors (Lipinski definition) is 0. The quantitative estimate of drug-likeness (QED) is 0.868. The number of hydrogen-bond acceptors (Lipinski definition) is 3. The largest absolute Gasteiger partial charge is 0.445 e. The van der Waals surface area contributed by atoms with Crippen molar-refractivity contribution in [3.63, 3.8) is 0 Å². The third-order valence-electron chi connectivity index (χ3n) is 4.06. The van der Waals surface area contributed by atoms with Crippen LogP contribution < -0.4 is 0 Å². The van der Waals surface area contributed by atoms with Gasteiger partial charge in [0.25, 0.3) is 5.91 Å². The number of aromatic nitrogens is 2. The van der Waals surface area contributed by atoms with Crippen LogP contribution >= 0.6 is 0 Å². The lowest BCUT2D eigenvalue weighted by Crippen LogP contribution is -2.37. The van der Waals surface area contributed by atoms with E-state index in [1.165, 1.54) is 12.1 Å². The van der Waals surface area contributed by atoms with Gasteiger partial charge in [-0.15, -0.1) is 0 Å². The van der Waals surface area contributed by atoms with Crippen LogP contribution in [0.15, 0.2) is 16.5 Å². The molecule has 0 aliphatic carbocycles. The summed E-state index contributed by atoms with van der Waals surface area (Å²) in [5.41, 5.74) is 1.10. The predicted molar refractivity (Wildman–Crippen MR) is 79.5 cm³/mol. The molecular weight excluding hydrogens is 304 g/mol. The monoisotopic (exact) mass is 323 g/mol. The number of fused-ring (bicyclic) bond motifs is 1. The molecule has 1 amide bonds. The van der Waals surface area contributed by atoms with Gasteiger partial charge < -0.3 is 9.32 Å². The van der Waals surface area contributed by atoms with Crippen LogP contribution in [0, 0.1) is 6.92 Å². The topological polar surface area (TPSA) is 51.3 Å². The molecule has 0 radical (unpaired) electrons. The van der Waals surface area contributed by atoms with Crippen LogP contribution in [0.2, 0.25) is 0 Å². The van der Waals surface area contributed by atoms with Crippen molar-refractivity contribution in [1.82, 2.24) is 14.5 Å². The molecule has 2 aromatic rings. The Labute approximate surface area is 132 Å². The molecule has 0 saturated heterocycles. The lowest BCUT2D eigenvalue weighted by Gasteiger charge is -2.26. The molecule has 3 rings (SSSR count). The molecule has 1 aliphatic rings. The Balaban J connectivity index is 1.85. The highest BCUT2D eigenvalue weighted by Crippen LogP contribution is 2.26. The third-order valence-corrected chi connectivity index (χ3v) is 4.06. The lowest BCUT2D eigenvalue weighted by molar-refractivity contribution is 0.0538. The number of oxazole rings is 1. The fourth-order valence-corrected chi connectivity index (χ4v) is 2.78. The average Bonchev–Trinajstić information content (AvgIpc) is 3.08. The van der Waals surface area contributed by atoms with E-state index < -0.39 is 12.5 Å². The van der Waals surface area contributed by atoms with Crippen molar-refractivity contribution in [2.45, 2.75) is 46.2 Å². The summed E-state index contributed by atoms with van der Waals surface area (Å²) in [6.07, 6.45) is 0.551. The summed E-state index contributed by atoms with van der Waals surface area (Å²) in [4.78, 5) is 18.6. The Bertz CT molecular complexity index is 734. The molecule has 2 aromatic heterocycles. The Hall–Kier alpha value is -2.18. The zero-order valence-corrected chi connectivity index (χ0v) is 13.3. The van der Waals surface area contributed by atoms with E-state index in [2.05, 4.69) is 4.98 Å². The third kappa shape index (κ3) is 2.75. The van der Waals surface area contributed by atoms with Gasteiger partial charge in [-0.3, -0.25) is 9.36 Å². The van der Waals surface area contributed by atoms with Gasteiger partial charge in [0.1, 0.15) is 17.1 Å². The van der Waals surface area contributed by atoms with Crippen LogP contribution in [0.5, 0.6) is 0 Å². The molecule has 0 spiro atoms. The van der Waals surface area contributed by atoms with Gasteiger partial charge in [0.15, 0.2) is 5.89 Å². The Morgan fingerprint density at radius 3 is 2.74 bits per heavy atom. The van der Waals surface area contributed by atoms with Crippen molar-refractivity contribution >= 4 is 5.91 Å². The first kappa shape index (κ1) is 15.7. The first-order valence-electron chi connectivity index (χ1n) is 7.62. The Morgan fingerprint density at radius 1 is 1.35 bits per heavy atom. The summed E-state index contributed by atoms with van der Waals surface area (Å²) in [6.45, 7) is 3.52. The number of carbonyl (C=O) groups excluding carboxylic acids is 1. The molecule has 0 atom stereocenters. The molecule has 3 heterocycles. The van der Waals surface area contributed by atoms with E-state index in [1.54, 1.807) is 11.8 Å². The van der Waals surface area contributed by atoms with Crippen molar-refractivity contribution in [3.05, 3.63) is 40.9 Å². The van der Waals surface area contributed by atoms with Gasteiger partial charge >= 0.3 is 6.55 Å². The Kier molecular flexibility index (Phi) is 3.95. The minimum absolute atomic E-state index is 0.00790. The van der Waals surface area contributed by atoms with Gasteiger partial charge in [0.2, 0.25) is 0 Å². The van der Waals surface area contributed by atoms with Gasteiger partial charge in [-0.1, -0.05) is 13.8 Å². The molecule has 0 bridgehead atoms. The summed E-state index contributed by atoms with van der Waals surface area (Å²) in [6, 6.07) is 2.98. The molecule has 0 unspecified atom stereocenters. The highest BCUT2D eigenvalue weighted by molar-refractivity contribution is 5.93. The van der Waals surface area contributed by atoms with Crippen molar-refractivity contribution < 1.29 is 18.0 Å². The second-order valence-corrected chi connectivity index (χ2v) is 6.06. The van der Waals surface area contributed by atoms with E-state index in [9.17, 15) is 13.6 Å². The summed E-state index contributed by atoms with van der Waals surface area (Å²) in [5, 5.41) is 0. The molecule has 0 saturated carbocycles. The molecule has 7 heteroatoms. The molecule has 1 aliphatic heterocycles. The zero-order chi connectivity index (χ0) is 16.7. The Morgan fingerprint density at radius 2 is 2.09 bits per heavy atom. The van der Waals surface area contributed by atoms with Crippen LogP contribution in [0.3, 0.4) is 0 Å². The normalized spacial score (nSPS) is 14.7. The molecule has 0 aromatic carbocycles. The highest BCUT2D eigenvalue weighted by Gasteiger charge is 2.29. The predicted octanol–water partition coefficient (Wildman–Crippen LogP) is 3.50. The number of carbonyl (C=O) groups is 1. The van der Waals surface area contributed by atoms with Gasteiger partial charge in [-0.25, -0.2) is 4.98 Å². The van der Waals surface area contributed by atoms with Crippen molar-refractivity contribution in [2.24, 2.45) is 0 Å². The smallest absolute Gasteiger partial charge is 0.319 e. The van der Waals surface area contributed by atoms with Crippen LogP contribution in [-0.2, 0) is 13.0 Å². The van der Waals surface area contributed by atoms with Gasteiger partial charge in [-0.2, -0.15) is 8.78 Å². The van der Waals surface area contributed by atoms with Crippen LogP contribution in [0.25, 0.3) is 0 Å². The summed E-state index contributed by atoms with van der Waals surface area (Å²) >= 11 is 0.